The standard InChI is InChI=1S/C21H26FN3O2.ClH/c1-14(2)25(13-19(26)24-18-11-9-17(22)10-12-18)21(27)15(3)20(23)16-7-5-4-6-8-16;/h4-12,14-15,20H,13,23H2,1-3H3,(H,24,26);1H. The van der Waals surface area contributed by atoms with Crippen LogP contribution in [0.15, 0.2) is 54.6 Å². The van der Waals surface area contributed by atoms with Crippen molar-refractivity contribution in [2.75, 3.05) is 11.9 Å². The van der Waals surface area contributed by atoms with Gasteiger partial charge in [-0.1, -0.05) is 37.3 Å². The number of anilines is 1. The lowest BCUT2D eigenvalue weighted by Gasteiger charge is -2.31. The molecule has 2 aromatic carbocycles. The number of rotatable bonds is 7. The summed E-state index contributed by atoms with van der Waals surface area (Å²) in [5.41, 5.74) is 7.61. The zero-order chi connectivity index (χ0) is 20.0. The van der Waals surface area contributed by atoms with E-state index in [0.717, 1.165) is 5.56 Å². The van der Waals surface area contributed by atoms with E-state index in [4.69, 9.17) is 5.73 Å². The van der Waals surface area contributed by atoms with Gasteiger partial charge < -0.3 is 16.0 Å². The van der Waals surface area contributed by atoms with E-state index in [2.05, 4.69) is 5.32 Å². The van der Waals surface area contributed by atoms with E-state index in [1.54, 1.807) is 6.92 Å². The summed E-state index contributed by atoms with van der Waals surface area (Å²) < 4.78 is 13.0. The van der Waals surface area contributed by atoms with Gasteiger partial charge in [0.05, 0.1) is 5.92 Å². The molecule has 0 saturated heterocycles. The van der Waals surface area contributed by atoms with E-state index >= 15 is 0 Å². The van der Waals surface area contributed by atoms with Gasteiger partial charge in [0.25, 0.3) is 0 Å². The summed E-state index contributed by atoms with van der Waals surface area (Å²) in [6, 6.07) is 14.3. The van der Waals surface area contributed by atoms with Crippen LogP contribution in [-0.2, 0) is 9.59 Å². The fourth-order valence-electron chi connectivity index (χ4n) is 2.78. The minimum absolute atomic E-state index is 0. The largest absolute Gasteiger partial charge is 0.331 e. The third-order valence-electron chi connectivity index (χ3n) is 4.46. The molecule has 0 radical (unpaired) electrons. The molecular formula is C21H27ClFN3O2. The zero-order valence-corrected chi connectivity index (χ0v) is 17.1. The number of halogens is 2. The molecule has 2 unspecified atom stereocenters. The summed E-state index contributed by atoms with van der Waals surface area (Å²) in [6.07, 6.45) is 0. The molecule has 2 atom stereocenters. The fourth-order valence-corrected chi connectivity index (χ4v) is 2.78. The van der Waals surface area contributed by atoms with E-state index in [9.17, 15) is 14.0 Å². The van der Waals surface area contributed by atoms with Crippen LogP contribution in [0.2, 0.25) is 0 Å². The summed E-state index contributed by atoms with van der Waals surface area (Å²) in [6.45, 7) is 5.38. The first-order valence-electron chi connectivity index (χ1n) is 8.96. The molecule has 0 fully saturated rings. The summed E-state index contributed by atoms with van der Waals surface area (Å²) in [5, 5.41) is 2.68. The quantitative estimate of drug-likeness (QED) is 0.733. The molecule has 0 aliphatic heterocycles. The number of carbonyl (C=O) groups excluding carboxylic acids is 2. The van der Waals surface area contributed by atoms with Crippen LogP contribution in [0, 0.1) is 11.7 Å². The van der Waals surface area contributed by atoms with Crippen LogP contribution in [0.3, 0.4) is 0 Å². The average molecular weight is 408 g/mol. The van der Waals surface area contributed by atoms with E-state index in [0.29, 0.717) is 5.69 Å². The predicted octanol–water partition coefficient (Wildman–Crippen LogP) is 3.76. The van der Waals surface area contributed by atoms with Crippen LogP contribution in [0.5, 0.6) is 0 Å². The molecule has 5 nitrogen and oxygen atoms in total. The topological polar surface area (TPSA) is 75.4 Å². The highest BCUT2D eigenvalue weighted by Gasteiger charge is 2.29. The molecule has 0 aliphatic rings. The lowest BCUT2D eigenvalue weighted by Crippen LogP contribution is -2.46. The normalized spacial score (nSPS) is 12.6. The molecular weight excluding hydrogens is 381 g/mol. The molecule has 3 N–H and O–H groups in total. The SMILES string of the molecule is CC(C(=O)N(CC(=O)Nc1ccc(F)cc1)C(C)C)C(N)c1ccccc1.Cl. The molecule has 2 aromatic rings. The van der Waals surface area contributed by atoms with Crippen molar-refractivity contribution < 1.29 is 14.0 Å². The number of benzene rings is 2. The summed E-state index contributed by atoms with van der Waals surface area (Å²) in [5.74, 6) is -1.39. The Kier molecular flexibility index (Phi) is 9.09. The van der Waals surface area contributed by atoms with Crippen molar-refractivity contribution in [3.05, 3.63) is 66.0 Å². The minimum atomic E-state index is -0.478. The van der Waals surface area contributed by atoms with Crippen LogP contribution in [0.1, 0.15) is 32.4 Å². The first kappa shape index (κ1) is 23.6. The van der Waals surface area contributed by atoms with E-state index in [-0.39, 0.29) is 42.6 Å². The van der Waals surface area contributed by atoms with Gasteiger partial charge in [-0.05, 0) is 43.7 Å². The highest BCUT2D eigenvalue weighted by atomic mass is 35.5. The maximum absolute atomic E-state index is 13.0. The van der Waals surface area contributed by atoms with Crippen LogP contribution in [-0.4, -0.2) is 29.3 Å². The van der Waals surface area contributed by atoms with Gasteiger partial charge in [0, 0.05) is 17.8 Å². The van der Waals surface area contributed by atoms with Crippen LogP contribution >= 0.6 is 12.4 Å². The number of nitrogens with zero attached hydrogens (tertiary/aromatic N) is 1. The highest BCUT2D eigenvalue weighted by molar-refractivity contribution is 5.95. The Morgan fingerprint density at radius 3 is 2.14 bits per heavy atom. The third-order valence-corrected chi connectivity index (χ3v) is 4.46. The molecule has 152 valence electrons. The van der Waals surface area contributed by atoms with Crippen molar-refractivity contribution in [3.8, 4) is 0 Å². The lowest BCUT2D eigenvalue weighted by molar-refractivity contribution is -0.140. The summed E-state index contributed by atoms with van der Waals surface area (Å²) >= 11 is 0. The van der Waals surface area contributed by atoms with Crippen LogP contribution < -0.4 is 11.1 Å². The van der Waals surface area contributed by atoms with Gasteiger partial charge >= 0.3 is 0 Å². The van der Waals surface area contributed by atoms with Gasteiger partial charge in [-0.3, -0.25) is 9.59 Å². The Balaban J connectivity index is 0.00000392. The van der Waals surface area contributed by atoms with Gasteiger partial charge in [-0.25, -0.2) is 4.39 Å². The molecule has 0 bridgehead atoms. The van der Waals surface area contributed by atoms with Gasteiger partial charge in [0.15, 0.2) is 0 Å². The first-order chi connectivity index (χ1) is 12.8. The molecule has 7 heteroatoms. The second kappa shape index (κ2) is 10.8. The number of hydrogen-bond donors (Lipinski definition) is 2. The Hall–Kier alpha value is -2.44. The van der Waals surface area contributed by atoms with Crippen molar-refractivity contribution in [2.45, 2.75) is 32.9 Å². The monoisotopic (exact) mass is 407 g/mol. The second-order valence-corrected chi connectivity index (χ2v) is 6.84. The summed E-state index contributed by atoms with van der Waals surface area (Å²) in [4.78, 5) is 26.8. The van der Waals surface area contributed by atoms with E-state index < -0.39 is 12.0 Å². The second-order valence-electron chi connectivity index (χ2n) is 6.84. The molecule has 2 rings (SSSR count). The Bertz CT molecular complexity index is 769. The van der Waals surface area contributed by atoms with Crippen molar-refractivity contribution in [2.24, 2.45) is 11.7 Å². The molecule has 0 aromatic heterocycles. The Morgan fingerprint density at radius 2 is 1.61 bits per heavy atom. The number of nitrogens with two attached hydrogens (primary N) is 1. The fraction of sp³-hybridized carbons (Fsp3) is 0.333. The van der Waals surface area contributed by atoms with Crippen molar-refractivity contribution in [1.29, 1.82) is 0 Å². The first-order valence-corrected chi connectivity index (χ1v) is 8.96. The zero-order valence-electron chi connectivity index (χ0n) is 16.3. The maximum Gasteiger partial charge on any atom is 0.244 e. The molecule has 0 heterocycles. The van der Waals surface area contributed by atoms with Gasteiger partial charge in [0.2, 0.25) is 11.8 Å². The predicted molar refractivity (Wildman–Crippen MR) is 112 cm³/mol. The van der Waals surface area contributed by atoms with Crippen molar-refractivity contribution in [3.63, 3.8) is 0 Å². The van der Waals surface area contributed by atoms with Gasteiger partial charge in [-0.15, -0.1) is 12.4 Å². The molecule has 28 heavy (non-hydrogen) atoms. The smallest absolute Gasteiger partial charge is 0.244 e. The number of hydrogen-bond acceptors (Lipinski definition) is 3. The minimum Gasteiger partial charge on any atom is -0.331 e. The molecule has 0 aliphatic carbocycles. The van der Waals surface area contributed by atoms with E-state index in [1.165, 1.54) is 29.2 Å². The molecule has 0 spiro atoms. The number of carbonyl (C=O) groups is 2. The maximum atomic E-state index is 13.0. The molecule has 2 amide bonds. The van der Waals surface area contributed by atoms with Crippen LogP contribution in [0.4, 0.5) is 10.1 Å². The third kappa shape index (κ3) is 6.32. The average Bonchev–Trinajstić information content (AvgIpc) is 2.66. The van der Waals surface area contributed by atoms with Gasteiger partial charge in [0.1, 0.15) is 12.4 Å². The van der Waals surface area contributed by atoms with Crippen molar-refractivity contribution >= 4 is 29.9 Å². The molecule has 0 saturated carbocycles. The number of amides is 2. The van der Waals surface area contributed by atoms with Crippen LogP contribution in [0.25, 0.3) is 0 Å². The van der Waals surface area contributed by atoms with E-state index in [1.807, 2.05) is 44.2 Å². The summed E-state index contributed by atoms with van der Waals surface area (Å²) in [7, 11) is 0. The Morgan fingerprint density at radius 1 is 1.04 bits per heavy atom. The van der Waals surface area contributed by atoms with Crippen molar-refractivity contribution in [1.82, 2.24) is 4.90 Å². The highest BCUT2D eigenvalue weighted by Crippen LogP contribution is 2.22. The number of nitrogens with one attached hydrogen (secondary N) is 1. The Labute approximate surface area is 171 Å². The lowest BCUT2D eigenvalue weighted by atomic mass is 9.94. The van der Waals surface area contributed by atoms with Gasteiger partial charge in [-0.2, -0.15) is 0 Å².